The highest BCUT2D eigenvalue weighted by Gasteiger charge is 2.07. The third-order valence-electron chi connectivity index (χ3n) is 2.31. The number of hydrogen-bond acceptors (Lipinski definition) is 1. The zero-order valence-electron chi connectivity index (χ0n) is 8.81. The molecule has 78 valence electrons. The average molecular weight is 265 g/mol. The Balaban J connectivity index is 2.49. The lowest BCUT2D eigenvalue weighted by Gasteiger charge is -2.11. The minimum absolute atomic E-state index is 0.432. The number of imidazole rings is 1. The van der Waals surface area contributed by atoms with Crippen LogP contribution in [0.15, 0.2) is 41.1 Å². The maximum Gasteiger partial charge on any atom is 0.140 e. The first-order valence-corrected chi connectivity index (χ1v) is 5.76. The molecule has 2 aromatic rings. The molecule has 3 heteroatoms. The van der Waals surface area contributed by atoms with E-state index in [2.05, 4.69) is 51.5 Å². The fourth-order valence-corrected chi connectivity index (χ4v) is 1.98. The molecule has 0 aliphatic heterocycles. The molecule has 1 aromatic heterocycles. The monoisotopic (exact) mass is 264 g/mol. The van der Waals surface area contributed by atoms with Crippen LogP contribution >= 0.6 is 15.9 Å². The van der Waals surface area contributed by atoms with Crippen LogP contribution in [0.25, 0.3) is 11.4 Å². The maximum atomic E-state index is 4.39. The summed E-state index contributed by atoms with van der Waals surface area (Å²) in [6.45, 7) is 4.31. The molecule has 0 N–H and O–H groups in total. The van der Waals surface area contributed by atoms with E-state index < -0.39 is 0 Å². The molecule has 1 heterocycles. The maximum absolute atomic E-state index is 4.39. The Kier molecular flexibility index (Phi) is 2.91. The van der Waals surface area contributed by atoms with E-state index in [-0.39, 0.29) is 0 Å². The second-order valence-electron chi connectivity index (χ2n) is 3.76. The Morgan fingerprint density at radius 2 is 2.13 bits per heavy atom. The quantitative estimate of drug-likeness (QED) is 0.805. The van der Waals surface area contributed by atoms with E-state index in [1.165, 1.54) is 0 Å². The molecule has 0 aliphatic carbocycles. The van der Waals surface area contributed by atoms with Gasteiger partial charge in [-0.2, -0.15) is 0 Å². The van der Waals surface area contributed by atoms with E-state index in [1.807, 2.05) is 24.5 Å². The molecule has 0 fully saturated rings. The van der Waals surface area contributed by atoms with E-state index in [0.29, 0.717) is 6.04 Å². The first kappa shape index (κ1) is 10.4. The molecule has 0 saturated carbocycles. The smallest absolute Gasteiger partial charge is 0.140 e. The van der Waals surface area contributed by atoms with Crippen molar-refractivity contribution in [1.82, 2.24) is 9.55 Å². The number of benzene rings is 1. The van der Waals surface area contributed by atoms with E-state index in [9.17, 15) is 0 Å². The standard InChI is InChI=1S/C12H13BrN2/c1-9(2)15-7-6-14-12(15)10-4-3-5-11(13)8-10/h3-9H,1-2H3. The molecular formula is C12H13BrN2. The summed E-state index contributed by atoms with van der Waals surface area (Å²) in [5.74, 6) is 1.02. The van der Waals surface area contributed by atoms with Crippen LogP contribution in [0.3, 0.4) is 0 Å². The zero-order chi connectivity index (χ0) is 10.8. The van der Waals surface area contributed by atoms with Crippen LogP contribution < -0.4 is 0 Å². The molecule has 2 nitrogen and oxygen atoms in total. The van der Waals surface area contributed by atoms with Crippen LogP contribution in [0.1, 0.15) is 19.9 Å². The number of hydrogen-bond donors (Lipinski definition) is 0. The number of rotatable bonds is 2. The van der Waals surface area contributed by atoms with Gasteiger partial charge in [0.2, 0.25) is 0 Å². The van der Waals surface area contributed by atoms with Crippen LogP contribution in [0.2, 0.25) is 0 Å². The van der Waals surface area contributed by atoms with Gasteiger partial charge < -0.3 is 4.57 Å². The Hall–Kier alpha value is -1.09. The summed E-state index contributed by atoms with van der Waals surface area (Å²) in [5.41, 5.74) is 1.14. The van der Waals surface area contributed by atoms with Crippen molar-refractivity contribution in [3.63, 3.8) is 0 Å². The number of aromatic nitrogens is 2. The topological polar surface area (TPSA) is 17.8 Å². The highest BCUT2D eigenvalue weighted by atomic mass is 79.9. The van der Waals surface area contributed by atoms with Crippen molar-refractivity contribution in [2.75, 3.05) is 0 Å². The average Bonchev–Trinajstić information content (AvgIpc) is 2.65. The minimum atomic E-state index is 0.432. The summed E-state index contributed by atoms with van der Waals surface area (Å²) in [7, 11) is 0. The first-order chi connectivity index (χ1) is 7.18. The lowest BCUT2D eigenvalue weighted by atomic mass is 10.2. The minimum Gasteiger partial charge on any atom is -0.328 e. The van der Waals surface area contributed by atoms with Crippen molar-refractivity contribution < 1.29 is 0 Å². The van der Waals surface area contributed by atoms with Gasteiger partial charge in [-0.05, 0) is 26.0 Å². The van der Waals surface area contributed by atoms with Crippen LogP contribution in [0, 0.1) is 0 Å². The Morgan fingerprint density at radius 3 is 2.80 bits per heavy atom. The third kappa shape index (κ3) is 2.12. The van der Waals surface area contributed by atoms with E-state index in [1.54, 1.807) is 0 Å². The second-order valence-corrected chi connectivity index (χ2v) is 4.68. The molecule has 0 aliphatic rings. The number of halogens is 1. The Morgan fingerprint density at radius 1 is 1.33 bits per heavy atom. The van der Waals surface area contributed by atoms with Crippen LogP contribution in [0.5, 0.6) is 0 Å². The van der Waals surface area contributed by atoms with Crippen LogP contribution in [-0.4, -0.2) is 9.55 Å². The largest absolute Gasteiger partial charge is 0.328 e. The fraction of sp³-hybridized carbons (Fsp3) is 0.250. The summed E-state index contributed by atoms with van der Waals surface area (Å²) in [6, 6.07) is 8.64. The van der Waals surface area contributed by atoms with Crippen molar-refractivity contribution in [2.45, 2.75) is 19.9 Å². The van der Waals surface area contributed by atoms with E-state index in [4.69, 9.17) is 0 Å². The summed E-state index contributed by atoms with van der Waals surface area (Å²) in [6.07, 6.45) is 3.86. The van der Waals surface area contributed by atoms with E-state index in [0.717, 1.165) is 15.9 Å². The van der Waals surface area contributed by atoms with Gasteiger partial charge in [0, 0.05) is 28.5 Å². The Labute approximate surface area is 98.1 Å². The lowest BCUT2D eigenvalue weighted by Crippen LogP contribution is -2.01. The summed E-state index contributed by atoms with van der Waals surface area (Å²) >= 11 is 3.47. The van der Waals surface area contributed by atoms with Crippen LogP contribution in [-0.2, 0) is 0 Å². The van der Waals surface area contributed by atoms with Gasteiger partial charge in [-0.1, -0.05) is 28.1 Å². The summed E-state index contributed by atoms with van der Waals surface area (Å²) in [4.78, 5) is 4.39. The molecule has 0 bridgehead atoms. The molecule has 0 radical (unpaired) electrons. The van der Waals surface area contributed by atoms with Gasteiger partial charge in [-0.15, -0.1) is 0 Å². The normalized spacial score (nSPS) is 10.9. The molecule has 0 spiro atoms. The molecule has 2 rings (SSSR count). The van der Waals surface area contributed by atoms with Crippen molar-refractivity contribution in [1.29, 1.82) is 0 Å². The van der Waals surface area contributed by atoms with Gasteiger partial charge in [0.05, 0.1) is 0 Å². The molecule has 0 amide bonds. The second kappa shape index (κ2) is 4.19. The van der Waals surface area contributed by atoms with Gasteiger partial charge in [0.1, 0.15) is 5.82 Å². The SMILES string of the molecule is CC(C)n1ccnc1-c1cccc(Br)c1. The predicted octanol–water partition coefficient (Wildman–Crippen LogP) is 3.89. The summed E-state index contributed by atoms with van der Waals surface area (Å²) < 4.78 is 3.25. The van der Waals surface area contributed by atoms with Crippen LogP contribution in [0.4, 0.5) is 0 Å². The molecule has 15 heavy (non-hydrogen) atoms. The van der Waals surface area contributed by atoms with Crippen molar-refractivity contribution in [3.05, 3.63) is 41.1 Å². The highest BCUT2D eigenvalue weighted by molar-refractivity contribution is 9.10. The van der Waals surface area contributed by atoms with Crippen molar-refractivity contribution >= 4 is 15.9 Å². The molecular weight excluding hydrogens is 252 g/mol. The van der Waals surface area contributed by atoms with Gasteiger partial charge in [-0.25, -0.2) is 4.98 Å². The van der Waals surface area contributed by atoms with Crippen molar-refractivity contribution in [2.24, 2.45) is 0 Å². The van der Waals surface area contributed by atoms with E-state index >= 15 is 0 Å². The van der Waals surface area contributed by atoms with Gasteiger partial charge in [-0.3, -0.25) is 0 Å². The molecule has 1 aromatic carbocycles. The molecule has 0 atom stereocenters. The fourth-order valence-electron chi connectivity index (χ4n) is 1.58. The third-order valence-corrected chi connectivity index (χ3v) is 2.80. The highest BCUT2D eigenvalue weighted by Crippen LogP contribution is 2.23. The van der Waals surface area contributed by atoms with Crippen molar-refractivity contribution in [3.8, 4) is 11.4 Å². The Bertz CT molecular complexity index is 460. The lowest BCUT2D eigenvalue weighted by molar-refractivity contribution is 0.606. The summed E-state index contributed by atoms with van der Waals surface area (Å²) in [5, 5.41) is 0. The zero-order valence-corrected chi connectivity index (χ0v) is 10.4. The first-order valence-electron chi connectivity index (χ1n) is 4.97. The van der Waals surface area contributed by atoms with Gasteiger partial charge in [0.15, 0.2) is 0 Å². The molecule has 0 unspecified atom stereocenters. The number of nitrogens with zero attached hydrogens (tertiary/aromatic N) is 2. The van der Waals surface area contributed by atoms with Gasteiger partial charge in [0.25, 0.3) is 0 Å². The van der Waals surface area contributed by atoms with Gasteiger partial charge >= 0.3 is 0 Å². The molecule has 0 saturated heterocycles. The predicted molar refractivity (Wildman–Crippen MR) is 65.7 cm³/mol.